The van der Waals surface area contributed by atoms with Crippen LogP contribution in [0.1, 0.15) is 27.2 Å². The normalized spacial score (nSPS) is 17.1. The number of hydrogen-bond donors (Lipinski definition) is 2. The van der Waals surface area contributed by atoms with Gasteiger partial charge < -0.3 is 15.5 Å². The van der Waals surface area contributed by atoms with Crippen molar-refractivity contribution in [3.05, 3.63) is 0 Å². The zero-order valence-electron chi connectivity index (χ0n) is 10.3. The first-order valence-corrected chi connectivity index (χ1v) is 5.78. The van der Waals surface area contributed by atoms with Crippen LogP contribution in [0.4, 0.5) is 0 Å². The van der Waals surface area contributed by atoms with E-state index in [9.17, 15) is 9.59 Å². The van der Waals surface area contributed by atoms with E-state index >= 15 is 0 Å². The molecule has 0 saturated carbocycles. The quantitative estimate of drug-likeness (QED) is 0.638. The fourth-order valence-corrected chi connectivity index (χ4v) is 1.46. The fourth-order valence-electron chi connectivity index (χ4n) is 1.46. The van der Waals surface area contributed by atoms with Gasteiger partial charge in [0, 0.05) is 31.7 Å². The van der Waals surface area contributed by atoms with E-state index in [1.807, 2.05) is 20.8 Å². The van der Waals surface area contributed by atoms with Gasteiger partial charge in [0.05, 0.1) is 0 Å². The summed E-state index contributed by atoms with van der Waals surface area (Å²) >= 11 is 0. The molecule has 0 bridgehead atoms. The SMILES string of the molecule is CCC(C)(C)NC(=O)C(=O)N1CCNCC1. The minimum Gasteiger partial charge on any atom is -0.343 e. The second-order valence-electron chi connectivity index (χ2n) is 4.73. The summed E-state index contributed by atoms with van der Waals surface area (Å²) in [7, 11) is 0. The third-order valence-electron chi connectivity index (χ3n) is 2.93. The Morgan fingerprint density at radius 2 is 1.88 bits per heavy atom. The summed E-state index contributed by atoms with van der Waals surface area (Å²) < 4.78 is 0. The van der Waals surface area contributed by atoms with Gasteiger partial charge in [0.25, 0.3) is 0 Å². The van der Waals surface area contributed by atoms with Gasteiger partial charge in [-0.05, 0) is 20.3 Å². The van der Waals surface area contributed by atoms with Crippen molar-refractivity contribution in [1.82, 2.24) is 15.5 Å². The van der Waals surface area contributed by atoms with E-state index in [-0.39, 0.29) is 5.54 Å². The number of carbonyl (C=O) groups excluding carboxylic acids is 2. The molecule has 0 radical (unpaired) electrons. The lowest BCUT2D eigenvalue weighted by Crippen LogP contribution is -2.54. The number of carbonyl (C=O) groups is 2. The first-order chi connectivity index (χ1) is 7.46. The van der Waals surface area contributed by atoms with Gasteiger partial charge >= 0.3 is 11.8 Å². The van der Waals surface area contributed by atoms with Gasteiger partial charge in [-0.25, -0.2) is 0 Å². The molecule has 0 spiro atoms. The smallest absolute Gasteiger partial charge is 0.311 e. The van der Waals surface area contributed by atoms with Crippen LogP contribution in [0.5, 0.6) is 0 Å². The van der Waals surface area contributed by atoms with Crippen molar-refractivity contribution in [2.24, 2.45) is 0 Å². The Hall–Kier alpha value is -1.10. The van der Waals surface area contributed by atoms with Crippen LogP contribution < -0.4 is 10.6 Å². The Kier molecular flexibility index (Phi) is 4.29. The molecule has 1 aliphatic heterocycles. The molecule has 0 aliphatic carbocycles. The van der Waals surface area contributed by atoms with E-state index in [2.05, 4.69) is 10.6 Å². The molecule has 2 N–H and O–H groups in total. The van der Waals surface area contributed by atoms with E-state index < -0.39 is 11.8 Å². The molecule has 5 nitrogen and oxygen atoms in total. The maximum atomic E-state index is 11.8. The van der Waals surface area contributed by atoms with Crippen LogP contribution in [-0.4, -0.2) is 48.4 Å². The second kappa shape index (κ2) is 5.30. The van der Waals surface area contributed by atoms with Crippen LogP contribution >= 0.6 is 0 Å². The molecule has 0 aromatic rings. The highest BCUT2D eigenvalue weighted by Crippen LogP contribution is 2.07. The highest BCUT2D eigenvalue weighted by Gasteiger charge is 2.27. The van der Waals surface area contributed by atoms with Crippen molar-refractivity contribution >= 4 is 11.8 Å². The summed E-state index contributed by atoms with van der Waals surface area (Å²) in [5.41, 5.74) is -0.319. The molecule has 1 saturated heterocycles. The largest absolute Gasteiger partial charge is 0.343 e. The minimum atomic E-state index is -0.492. The molecule has 0 aromatic heterocycles. The van der Waals surface area contributed by atoms with Crippen molar-refractivity contribution in [3.63, 3.8) is 0 Å². The molecular weight excluding hydrogens is 206 g/mol. The predicted molar refractivity (Wildman–Crippen MR) is 62.0 cm³/mol. The Morgan fingerprint density at radius 1 is 1.31 bits per heavy atom. The van der Waals surface area contributed by atoms with Crippen molar-refractivity contribution in [3.8, 4) is 0 Å². The van der Waals surface area contributed by atoms with Crippen LogP contribution in [0.2, 0.25) is 0 Å². The molecule has 0 atom stereocenters. The Balaban J connectivity index is 2.50. The first-order valence-electron chi connectivity index (χ1n) is 5.78. The number of piperazine rings is 1. The number of amides is 2. The van der Waals surface area contributed by atoms with E-state index in [0.717, 1.165) is 19.5 Å². The van der Waals surface area contributed by atoms with Gasteiger partial charge in [0.1, 0.15) is 0 Å². The molecule has 0 unspecified atom stereocenters. The average molecular weight is 227 g/mol. The van der Waals surface area contributed by atoms with Crippen LogP contribution in [0.25, 0.3) is 0 Å². The Bertz CT molecular complexity index is 270. The summed E-state index contributed by atoms with van der Waals surface area (Å²) in [6.07, 6.45) is 0.799. The van der Waals surface area contributed by atoms with Crippen LogP contribution in [0, 0.1) is 0 Å². The van der Waals surface area contributed by atoms with Crippen molar-refractivity contribution < 1.29 is 9.59 Å². The lowest BCUT2D eigenvalue weighted by atomic mass is 10.0. The standard InChI is InChI=1S/C11H21N3O2/c1-4-11(2,3)13-9(15)10(16)14-7-5-12-6-8-14/h12H,4-8H2,1-3H3,(H,13,15). The maximum absolute atomic E-state index is 11.8. The molecular formula is C11H21N3O2. The Morgan fingerprint density at radius 3 is 2.38 bits per heavy atom. The summed E-state index contributed by atoms with van der Waals surface area (Å²) in [5.74, 6) is -0.906. The molecule has 1 rings (SSSR count). The Labute approximate surface area is 96.6 Å². The fraction of sp³-hybridized carbons (Fsp3) is 0.818. The summed E-state index contributed by atoms with van der Waals surface area (Å²) in [6.45, 7) is 8.55. The summed E-state index contributed by atoms with van der Waals surface area (Å²) in [4.78, 5) is 25.1. The molecule has 1 heterocycles. The first kappa shape index (κ1) is 13.0. The molecule has 1 fully saturated rings. The number of nitrogens with zero attached hydrogens (tertiary/aromatic N) is 1. The van der Waals surface area contributed by atoms with Gasteiger partial charge in [-0.3, -0.25) is 9.59 Å². The van der Waals surface area contributed by atoms with Crippen molar-refractivity contribution in [1.29, 1.82) is 0 Å². The van der Waals surface area contributed by atoms with Gasteiger partial charge in [-0.2, -0.15) is 0 Å². The van der Waals surface area contributed by atoms with Gasteiger partial charge in [-0.15, -0.1) is 0 Å². The molecule has 5 heteroatoms. The third kappa shape index (κ3) is 3.48. The van der Waals surface area contributed by atoms with E-state index in [4.69, 9.17) is 0 Å². The van der Waals surface area contributed by atoms with Crippen molar-refractivity contribution in [2.75, 3.05) is 26.2 Å². The zero-order chi connectivity index (χ0) is 12.2. The molecule has 92 valence electrons. The highest BCUT2D eigenvalue weighted by atomic mass is 16.2. The van der Waals surface area contributed by atoms with E-state index in [1.54, 1.807) is 4.90 Å². The van der Waals surface area contributed by atoms with Crippen molar-refractivity contribution in [2.45, 2.75) is 32.7 Å². The minimum absolute atomic E-state index is 0.319. The summed E-state index contributed by atoms with van der Waals surface area (Å²) in [5, 5.41) is 5.89. The van der Waals surface area contributed by atoms with Gasteiger partial charge in [0.2, 0.25) is 0 Å². The van der Waals surface area contributed by atoms with Gasteiger partial charge in [0.15, 0.2) is 0 Å². The monoisotopic (exact) mass is 227 g/mol. The maximum Gasteiger partial charge on any atom is 0.311 e. The number of rotatable bonds is 2. The second-order valence-corrected chi connectivity index (χ2v) is 4.73. The predicted octanol–water partition coefficient (Wildman–Crippen LogP) is -0.277. The molecule has 1 aliphatic rings. The van der Waals surface area contributed by atoms with Crippen LogP contribution in [0.3, 0.4) is 0 Å². The van der Waals surface area contributed by atoms with Crippen LogP contribution in [0.15, 0.2) is 0 Å². The molecule has 16 heavy (non-hydrogen) atoms. The summed E-state index contributed by atoms with van der Waals surface area (Å²) in [6, 6.07) is 0. The van der Waals surface area contributed by atoms with Crippen LogP contribution in [-0.2, 0) is 9.59 Å². The van der Waals surface area contributed by atoms with Gasteiger partial charge in [-0.1, -0.05) is 6.92 Å². The molecule has 2 amide bonds. The lowest BCUT2D eigenvalue weighted by molar-refractivity contribution is -0.147. The number of nitrogens with one attached hydrogen (secondary N) is 2. The topological polar surface area (TPSA) is 61.4 Å². The number of hydrogen-bond acceptors (Lipinski definition) is 3. The highest BCUT2D eigenvalue weighted by molar-refractivity contribution is 6.35. The van der Waals surface area contributed by atoms with E-state index in [0.29, 0.717) is 13.1 Å². The lowest BCUT2D eigenvalue weighted by Gasteiger charge is -2.29. The third-order valence-corrected chi connectivity index (χ3v) is 2.93. The molecule has 0 aromatic carbocycles. The average Bonchev–Trinajstić information content (AvgIpc) is 2.28. The zero-order valence-corrected chi connectivity index (χ0v) is 10.3. The van der Waals surface area contributed by atoms with E-state index in [1.165, 1.54) is 0 Å².